The van der Waals surface area contributed by atoms with Crippen molar-refractivity contribution in [2.45, 2.75) is 31.2 Å². The first-order valence-electron chi connectivity index (χ1n) is 9.84. The van der Waals surface area contributed by atoms with Gasteiger partial charge < -0.3 is 9.88 Å². The van der Waals surface area contributed by atoms with Crippen LogP contribution in [0.25, 0.3) is 0 Å². The normalized spacial score (nSPS) is 11.2. The van der Waals surface area contributed by atoms with Crippen molar-refractivity contribution in [1.29, 1.82) is 0 Å². The maximum absolute atomic E-state index is 13.2. The lowest BCUT2D eigenvalue weighted by Crippen LogP contribution is -2.35. The summed E-state index contributed by atoms with van der Waals surface area (Å²) in [4.78, 5) is 16.5. The standard InChI is InChI=1S/C22H26N4O3S/c1-19-8-10-20(11-9-19)26(30(28,29)21-6-3-2-4-7-21)16-12-22(27)24-13-5-15-25-17-14-23-18-25/h2-4,6-11,14,17-18H,5,12-13,15-16H2,1H3,(H,24,27). The zero-order valence-electron chi connectivity index (χ0n) is 16.9. The number of benzene rings is 2. The van der Waals surface area contributed by atoms with E-state index in [-0.39, 0.29) is 23.8 Å². The summed E-state index contributed by atoms with van der Waals surface area (Å²) in [5.74, 6) is -0.180. The maximum Gasteiger partial charge on any atom is 0.264 e. The van der Waals surface area contributed by atoms with Crippen LogP contribution in [-0.2, 0) is 21.4 Å². The maximum atomic E-state index is 13.2. The smallest absolute Gasteiger partial charge is 0.264 e. The summed E-state index contributed by atoms with van der Waals surface area (Å²) < 4.78 is 29.7. The molecule has 0 bridgehead atoms. The molecule has 1 heterocycles. The number of carbonyl (C=O) groups excluding carboxylic acids is 1. The van der Waals surface area contributed by atoms with Gasteiger partial charge in [0.2, 0.25) is 5.91 Å². The number of aryl methyl sites for hydroxylation is 2. The number of nitrogens with zero attached hydrogens (tertiary/aromatic N) is 3. The molecule has 1 N–H and O–H groups in total. The van der Waals surface area contributed by atoms with Gasteiger partial charge in [0, 0.05) is 38.4 Å². The summed E-state index contributed by atoms with van der Waals surface area (Å²) in [6, 6.07) is 15.5. The zero-order chi connectivity index (χ0) is 21.4. The number of rotatable bonds is 10. The van der Waals surface area contributed by atoms with E-state index in [1.54, 1.807) is 55.0 Å². The average molecular weight is 427 g/mol. The molecule has 0 saturated heterocycles. The third kappa shape index (κ3) is 5.70. The van der Waals surface area contributed by atoms with Gasteiger partial charge in [-0.05, 0) is 37.6 Å². The largest absolute Gasteiger partial charge is 0.356 e. The van der Waals surface area contributed by atoms with Crippen LogP contribution < -0.4 is 9.62 Å². The SMILES string of the molecule is Cc1ccc(N(CCC(=O)NCCCn2ccnc2)S(=O)(=O)c2ccccc2)cc1. The Labute approximate surface area is 177 Å². The van der Waals surface area contributed by atoms with Crippen LogP contribution in [-0.4, -0.2) is 37.0 Å². The van der Waals surface area contributed by atoms with E-state index in [0.717, 1.165) is 18.5 Å². The number of amides is 1. The van der Waals surface area contributed by atoms with Gasteiger partial charge in [-0.3, -0.25) is 9.10 Å². The van der Waals surface area contributed by atoms with Gasteiger partial charge in [-0.25, -0.2) is 13.4 Å². The Morgan fingerprint density at radius 3 is 2.50 bits per heavy atom. The summed E-state index contributed by atoms with van der Waals surface area (Å²) in [6.45, 7) is 3.29. The second-order valence-corrected chi connectivity index (χ2v) is 8.84. The number of imidazole rings is 1. The molecule has 0 spiro atoms. The number of hydrogen-bond donors (Lipinski definition) is 1. The van der Waals surface area contributed by atoms with Gasteiger partial charge in [0.05, 0.1) is 16.9 Å². The fourth-order valence-electron chi connectivity index (χ4n) is 3.02. The summed E-state index contributed by atoms with van der Waals surface area (Å²) in [7, 11) is -3.77. The van der Waals surface area contributed by atoms with Gasteiger partial charge >= 0.3 is 0 Å². The number of sulfonamides is 1. The highest BCUT2D eigenvalue weighted by molar-refractivity contribution is 7.92. The molecular formula is C22H26N4O3S. The molecule has 0 saturated carbocycles. The van der Waals surface area contributed by atoms with E-state index in [9.17, 15) is 13.2 Å². The number of hydrogen-bond acceptors (Lipinski definition) is 4. The van der Waals surface area contributed by atoms with Crippen molar-refractivity contribution in [2.75, 3.05) is 17.4 Å². The summed E-state index contributed by atoms with van der Waals surface area (Å²) in [5.41, 5.74) is 1.57. The molecule has 0 fully saturated rings. The fraction of sp³-hybridized carbons (Fsp3) is 0.273. The van der Waals surface area contributed by atoms with E-state index >= 15 is 0 Å². The molecule has 158 valence electrons. The van der Waals surface area contributed by atoms with Crippen LogP contribution in [0.15, 0.2) is 78.2 Å². The summed E-state index contributed by atoms with van der Waals surface area (Å²) in [6.07, 6.45) is 6.16. The van der Waals surface area contributed by atoms with Gasteiger partial charge in [0.1, 0.15) is 0 Å². The second-order valence-electron chi connectivity index (χ2n) is 6.98. The first-order valence-corrected chi connectivity index (χ1v) is 11.3. The summed E-state index contributed by atoms with van der Waals surface area (Å²) >= 11 is 0. The molecule has 3 rings (SSSR count). The first kappa shape index (κ1) is 21.6. The summed E-state index contributed by atoms with van der Waals surface area (Å²) in [5, 5.41) is 2.86. The topological polar surface area (TPSA) is 84.3 Å². The molecule has 30 heavy (non-hydrogen) atoms. The Hall–Kier alpha value is -3.13. The molecule has 7 nitrogen and oxygen atoms in total. The molecule has 1 amide bonds. The minimum atomic E-state index is -3.77. The van der Waals surface area contributed by atoms with Crippen LogP contribution in [0.3, 0.4) is 0 Å². The van der Waals surface area contributed by atoms with Crippen LogP contribution in [0, 0.1) is 6.92 Å². The van der Waals surface area contributed by atoms with Gasteiger partial charge in [0.25, 0.3) is 10.0 Å². The Morgan fingerprint density at radius 1 is 1.10 bits per heavy atom. The van der Waals surface area contributed by atoms with E-state index < -0.39 is 10.0 Å². The molecule has 3 aromatic rings. The number of aromatic nitrogens is 2. The lowest BCUT2D eigenvalue weighted by atomic mass is 10.2. The van der Waals surface area contributed by atoms with Crippen molar-refractivity contribution in [3.05, 3.63) is 78.9 Å². The van der Waals surface area contributed by atoms with Crippen LogP contribution in [0.2, 0.25) is 0 Å². The second kappa shape index (κ2) is 10.1. The van der Waals surface area contributed by atoms with Crippen LogP contribution in [0.4, 0.5) is 5.69 Å². The van der Waals surface area contributed by atoms with Crippen LogP contribution in [0.1, 0.15) is 18.4 Å². The quantitative estimate of drug-likeness (QED) is 0.505. The third-order valence-corrected chi connectivity index (χ3v) is 6.51. The lowest BCUT2D eigenvalue weighted by Gasteiger charge is -2.24. The minimum absolute atomic E-state index is 0.0631. The Morgan fingerprint density at radius 2 is 1.83 bits per heavy atom. The Bertz CT molecular complexity index is 1030. The molecule has 0 radical (unpaired) electrons. The van der Waals surface area contributed by atoms with Crippen molar-refractivity contribution >= 4 is 21.6 Å². The van der Waals surface area contributed by atoms with Crippen molar-refractivity contribution in [3.63, 3.8) is 0 Å². The van der Waals surface area contributed by atoms with Gasteiger partial charge in [-0.15, -0.1) is 0 Å². The molecule has 0 atom stereocenters. The lowest BCUT2D eigenvalue weighted by molar-refractivity contribution is -0.120. The van der Waals surface area contributed by atoms with Crippen LogP contribution >= 0.6 is 0 Å². The van der Waals surface area contributed by atoms with E-state index in [2.05, 4.69) is 10.3 Å². The van der Waals surface area contributed by atoms with Gasteiger partial charge in [0.15, 0.2) is 0 Å². The number of anilines is 1. The molecule has 2 aromatic carbocycles. The molecule has 0 aliphatic rings. The van der Waals surface area contributed by atoms with Gasteiger partial charge in [-0.2, -0.15) is 0 Å². The molecule has 8 heteroatoms. The van der Waals surface area contributed by atoms with E-state index in [1.807, 2.05) is 29.8 Å². The molecule has 0 aliphatic heterocycles. The third-order valence-electron chi connectivity index (χ3n) is 4.67. The number of carbonyl (C=O) groups is 1. The highest BCUT2D eigenvalue weighted by Gasteiger charge is 2.25. The predicted molar refractivity (Wildman–Crippen MR) is 117 cm³/mol. The predicted octanol–water partition coefficient (Wildman–Crippen LogP) is 2.98. The van der Waals surface area contributed by atoms with Crippen LogP contribution in [0.5, 0.6) is 0 Å². The monoisotopic (exact) mass is 426 g/mol. The highest BCUT2D eigenvalue weighted by atomic mass is 32.2. The molecule has 0 aliphatic carbocycles. The van der Waals surface area contributed by atoms with Crippen molar-refractivity contribution in [1.82, 2.24) is 14.9 Å². The van der Waals surface area contributed by atoms with Crippen molar-refractivity contribution < 1.29 is 13.2 Å². The zero-order valence-corrected chi connectivity index (χ0v) is 17.8. The van der Waals surface area contributed by atoms with E-state index in [0.29, 0.717) is 12.2 Å². The first-order chi connectivity index (χ1) is 14.5. The van der Waals surface area contributed by atoms with E-state index in [4.69, 9.17) is 0 Å². The van der Waals surface area contributed by atoms with Crippen molar-refractivity contribution in [3.8, 4) is 0 Å². The minimum Gasteiger partial charge on any atom is -0.356 e. The molecular weight excluding hydrogens is 400 g/mol. The fourth-order valence-corrected chi connectivity index (χ4v) is 4.51. The van der Waals surface area contributed by atoms with Crippen molar-refractivity contribution in [2.24, 2.45) is 0 Å². The number of nitrogens with one attached hydrogen (secondary N) is 1. The Kier molecular flexibility index (Phi) is 7.24. The molecule has 1 aromatic heterocycles. The molecule has 0 unspecified atom stereocenters. The average Bonchev–Trinajstić information content (AvgIpc) is 3.27. The van der Waals surface area contributed by atoms with Gasteiger partial charge in [-0.1, -0.05) is 35.9 Å². The Balaban J connectivity index is 1.64. The highest BCUT2D eigenvalue weighted by Crippen LogP contribution is 2.24. The van der Waals surface area contributed by atoms with E-state index in [1.165, 1.54) is 4.31 Å².